The van der Waals surface area contributed by atoms with Gasteiger partial charge in [0.15, 0.2) is 29.3 Å². The summed E-state index contributed by atoms with van der Waals surface area (Å²) in [7, 11) is 1.61. The lowest BCUT2D eigenvalue weighted by Gasteiger charge is -2.26. The number of benzene rings is 2. The summed E-state index contributed by atoms with van der Waals surface area (Å²) in [4.78, 5) is 11.3. The SMILES string of the molecule is COc1cc2c(Nc3c(Cl)cc(COCC4OCCO4)c4c3OCO4)ncnc2cc1OCCCN1CCOCC1. The highest BCUT2D eigenvalue weighted by Crippen LogP contribution is 2.48. The molecule has 13 heteroatoms. The molecule has 0 saturated carbocycles. The lowest BCUT2D eigenvalue weighted by molar-refractivity contribution is -0.0976. The first-order valence-corrected chi connectivity index (χ1v) is 14.0. The predicted octanol–water partition coefficient (Wildman–Crippen LogP) is 3.75. The van der Waals surface area contributed by atoms with Crippen LogP contribution in [0.1, 0.15) is 12.0 Å². The molecule has 41 heavy (non-hydrogen) atoms. The number of aromatic nitrogens is 2. The first kappa shape index (κ1) is 28.0. The van der Waals surface area contributed by atoms with Crippen molar-refractivity contribution in [3.8, 4) is 23.0 Å². The standard InChI is InChI=1S/C28H33ClN4O8/c1-34-22-12-19-21(13-23(22)37-6-2-3-33-4-7-35-8-5-33)30-16-31-28(19)32-25-20(29)11-18(26-27(25)41-17-40-26)14-36-15-24-38-9-10-39-24/h11-13,16,24H,2-10,14-15,17H2,1H3,(H,30,31,32). The van der Waals surface area contributed by atoms with E-state index in [0.29, 0.717) is 71.5 Å². The van der Waals surface area contributed by atoms with Crippen molar-refractivity contribution in [1.82, 2.24) is 14.9 Å². The molecule has 2 aromatic carbocycles. The number of morpholine rings is 1. The maximum absolute atomic E-state index is 6.73. The molecular weight excluding hydrogens is 556 g/mol. The molecule has 3 aliphatic rings. The Labute approximate surface area is 242 Å². The molecule has 0 atom stereocenters. The van der Waals surface area contributed by atoms with Crippen molar-refractivity contribution in [2.75, 3.05) is 78.5 Å². The summed E-state index contributed by atoms with van der Waals surface area (Å²) in [6, 6.07) is 5.51. The van der Waals surface area contributed by atoms with E-state index in [1.54, 1.807) is 13.2 Å². The van der Waals surface area contributed by atoms with Gasteiger partial charge in [0.25, 0.3) is 0 Å². The van der Waals surface area contributed by atoms with E-state index >= 15 is 0 Å². The van der Waals surface area contributed by atoms with Crippen LogP contribution < -0.4 is 24.3 Å². The number of hydrogen-bond acceptors (Lipinski definition) is 12. The zero-order chi connectivity index (χ0) is 28.0. The zero-order valence-electron chi connectivity index (χ0n) is 22.9. The van der Waals surface area contributed by atoms with Gasteiger partial charge in [-0.05, 0) is 18.6 Å². The number of fused-ring (bicyclic) bond motifs is 2. The van der Waals surface area contributed by atoms with E-state index in [9.17, 15) is 0 Å². The molecule has 2 saturated heterocycles. The van der Waals surface area contributed by atoms with Crippen LogP contribution in [-0.4, -0.2) is 94.3 Å². The number of anilines is 2. The molecule has 0 amide bonds. The molecule has 2 fully saturated rings. The maximum atomic E-state index is 6.73. The summed E-state index contributed by atoms with van der Waals surface area (Å²) in [5.41, 5.74) is 1.99. The summed E-state index contributed by atoms with van der Waals surface area (Å²) in [6.07, 6.45) is 2.02. The first-order valence-electron chi connectivity index (χ1n) is 13.6. The van der Waals surface area contributed by atoms with Crippen molar-refractivity contribution < 1.29 is 37.9 Å². The fourth-order valence-electron chi connectivity index (χ4n) is 4.94. The number of nitrogens with one attached hydrogen (secondary N) is 1. The van der Waals surface area contributed by atoms with Crippen LogP contribution in [0.15, 0.2) is 24.5 Å². The minimum Gasteiger partial charge on any atom is -0.493 e. The third-order valence-electron chi connectivity index (χ3n) is 7.02. The molecule has 0 aliphatic carbocycles. The highest BCUT2D eigenvalue weighted by atomic mass is 35.5. The van der Waals surface area contributed by atoms with Crippen LogP contribution in [0.5, 0.6) is 23.0 Å². The van der Waals surface area contributed by atoms with Crippen molar-refractivity contribution in [1.29, 1.82) is 0 Å². The molecule has 0 bridgehead atoms. The Kier molecular flexibility index (Phi) is 9.04. The van der Waals surface area contributed by atoms with Gasteiger partial charge < -0.3 is 43.2 Å². The highest BCUT2D eigenvalue weighted by molar-refractivity contribution is 6.34. The Morgan fingerprint density at radius 1 is 1.02 bits per heavy atom. The number of methoxy groups -OCH3 is 1. The van der Waals surface area contributed by atoms with Crippen molar-refractivity contribution in [2.45, 2.75) is 19.3 Å². The van der Waals surface area contributed by atoms with E-state index < -0.39 is 0 Å². The molecule has 0 spiro atoms. The lowest BCUT2D eigenvalue weighted by atomic mass is 10.1. The second-order valence-corrected chi connectivity index (χ2v) is 10.1. The molecule has 0 unspecified atom stereocenters. The summed E-state index contributed by atoms with van der Waals surface area (Å²) < 4.78 is 45.4. The van der Waals surface area contributed by atoms with Crippen LogP contribution in [0.2, 0.25) is 5.02 Å². The van der Waals surface area contributed by atoms with Crippen LogP contribution in [0, 0.1) is 0 Å². The minimum absolute atomic E-state index is 0.0663. The van der Waals surface area contributed by atoms with Gasteiger partial charge in [-0.25, -0.2) is 9.97 Å². The van der Waals surface area contributed by atoms with E-state index in [2.05, 4.69) is 20.2 Å². The summed E-state index contributed by atoms with van der Waals surface area (Å²) in [5.74, 6) is 2.80. The van der Waals surface area contributed by atoms with Gasteiger partial charge in [0.05, 0.1) is 63.9 Å². The molecule has 1 aromatic heterocycles. The summed E-state index contributed by atoms with van der Waals surface area (Å²) in [5, 5.41) is 4.49. The molecule has 3 aromatic rings. The Bertz CT molecular complexity index is 1350. The molecule has 220 valence electrons. The number of nitrogens with zero attached hydrogens (tertiary/aromatic N) is 3. The third-order valence-corrected chi connectivity index (χ3v) is 7.32. The van der Waals surface area contributed by atoms with E-state index in [1.165, 1.54) is 6.33 Å². The Morgan fingerprint density at radius 2 is 1.85 bits per heavy atom. The van der Waals surface area contributed by atoms with Crippen molar-refractivity contribution in [2.24, 2.45) is 0 Å². The minimum atomic E-state index is -0.360. The average Bonchev–Trinajstić information content (AvgIpc) is 3.70. The monoisotopic (exact) mass is 588 g/mol. The molecule has 0 radical (unpaired) electrons. The fraction of sp³-hybridized carbons (Fsp3) is 0.500. The van der Waals surface area contributed by atoms with Gasteiger partial charge in [0.1, 0.15) is 17.8 Å². The predicted molar refractivity (Wildman–Crippen MR) is 150 cm³/mol. The van der Waals surface area contributed by atoms with Gasteiger partial charge in [-0.15, -0.1) is 0 Å². The number of rotatable bonds is 12. The summed E-state index contributed by atoms with van der Waals surface area (Å²) in [6.45, 7) is 6.78. The van der Waals surface area contributed by atoms with Crippen LogP contribution in [0.25, 0.3) is 10.9 Å². The van der Waals surface area contributed by atoms with Gasteiger partial charge in [-0.3, -0.25) is 4.90 Å². The van der Waals surface area contributed by atoms with Gasteiger partial charge in [-0.2, -0.15) is 0 Å². The van der Waals surface area contributed by atoms with Gasteiger partial charge >= 0.3 is 0 Å². The van der Waals surface area contributed by atoms with Crippen molar-refractivity contribution in [3.63, 3.8) is 0 Å². The third kappa shape index (κ3) is 6.53. The lowest BCUT2D eigenvalue weighted by Crippen LogP contribution is -2.37. The Balaban J connectivity index is 1.17. The number of halogens is 1. The molecule has 12 nitrogen and oxygen atoms in total. The average molecular weight is 589 g/mol. The molecular formula is C28H33ClN4O8. The molecule has 1 N–H and O–H groups in total. The van der Waals surface area contributed by atoms with E-state index in [4.69, 9.17) is 49.5 Å². The second-order valence-electron chi connectivity index (χ2n) is 9.67. The normalized spacial score (nSPS) is 17.3. The molecule has 6 rings (SSSR count). The van der Waals surface area contributed by atoms with Crippen molar-refractivity contribution in [3.05, 3.63) is 35.1 Å². The van der Waals surface area contributed by atoms with E-state index in [0.717, 1.165) is 50.2 Å². The maximum Gasteiger partial charge on any atom is 0.231 e. The van der Waals surface area contributed by atoms with Crippen molar-refractivity contribution >= 4 is 34.0 Å². The number of hydrogen-bond donors (Lipinski definition) is 1. The smallest absolute Gasteiger partial charge is 0.231 e. The second kappa shape index (κ2) is 13.2. The zero-order valence-corrected chi connectivity index (χ0v) is 23.6. The van der Waals surface area contributed by atoms with E-state index in [-0.39, 0.29) is 19.7 Å². The van der Waals surface area contributed by atoms with Crippen LogP contribution in [0.3, 0.4) is 0 Å². The highest BCUT2D eigenvalue weighted by Gasteiger charge is 2.27. The van der Waals surface area contributed by atoms with Gasteiger partial charge in [0, 0.05) is 36.7 Å². The van der Waals surface area contributed by atoms with Crippen LogP contribution in [0.4, 0.5) is 11.5 Å². The Morgan fingerprint density at radius 3 is 2.68 bits per heavy atom. The quantitative estimate of drug-likeness (QED) is 0.311. The number of ether oxygens (including phenoxy) is 8. The largest absolute Gasteiger partial charge is 0.493 e. The topological polar surface area (TPSA) is 115 Å². The molecule has 4 heterocycles. The summed E-state index contributed by atoms with van der Waals surface area (Å²) >= 11 is 6.73. The fourth-order valence-corrected chi connectivity index (χ4v) is 5.21. The van der Waals surface area contributed by atoms with E-state index in [1.807, 2.05) is 12.1 Å². The first-order chi connectivity index (χ1) is 20.2. The Hall–Kier alpha value is -3.13. The van der Waals surface area contributed by atoms with Crippen LogP contribution in [-0.2, 0) is 25.6 Å². The van der Waals surface area contributed by atoms with Gasteiger partial charge in [0.2, 0.25) is 6.79 Å². The molecule has 3 aliphatic heterocycles. The van der Waals surface area contributed by atoms with Crippen LogP contribution >= 0.6 is 11.6 Å². The van der Waals surface area contributed by atoms with Gasteiger partial charge in [-0.1, -0.05) is 11.6 Å².